The second kappa shape index (κ2) is 5.81. The van der Waals surface area contributed by atoms with Crippen molar-refractivity contribution in [2.24, 2.45) is 5.10 Å². The lowest BCUT2D eigenvalue weighted by Gasteiger charge is -2.27. The third kappa shape index (κ3) is 2.90. The zero-order chi connectivity index (χ0) is 13.1. The number of hydrogen-bond donors (Lipinski definition) is 2. The molecule has 1 aliphatic heterocycles. The van der Waals surface area contributed by atoms with E-state index >= 15 is 0 Å². The van der Waals surface area contributed by atoms with E-state index in [9.17, 15) is 5.11 Å². The largest absolute Gasteiger partial charge is 0.493 e. The molecule has 2 N–H and O–H groups in total. The van der Waals surface area contributed by atoms with E-state index in [1.54, 1.807) is 10.8 Å². The summed E-state index contributed by atoms with van der Waals surface area (Å²) < 4.78 is 2.41. The van der Waals surface area contributed by atoms with Crippen molar-refractivity contribution < 1.29 is 10.0 Å². The lowest BCUT2D eigenvalue weighted by Crippen LogP contribution is -3.11. The maximum absolute atomic E-state index is 9.97. The third-order valence-electron chi connectivity index (χ3n) is 3.14. The normalized spacial score (nSPS) is 17.8. The van der Waals surface area contributed by atoms with E-state index in [0.29, 0.717) is 10.5 Å². The molecule has 1 saturated heterocycles. The Hall–Kier alpha value is -0.920. The molecule has 2 rings (SSSR count). The summed E-state index contributed by atoms with van der Waals surface area (Å²) in [6, 6.07) is 0. The second-order valence-corrected chi connectivity index (χ2v) is 6.13. The summed E-state index contributed by atoms with van der Waals surface area (Å²) in [6.45, 7) is 6.79. The Labute approximate surface area is 116 Å². The van der Waals surface area contributed by atoms with Crippen LogP contribution in [0.3, 0.4) is 0 Å². The molecule has 7 heteroatoms. The predicted molar refractivity (Wildman–Crippen MR) is 76.3 cm³/mol. The van der Waals surface area contributed by atoms with Crippen LogP contribution in [-0.2, 0) is 6.54 Å². The van der Waals surface area contributed by atoms with Gasteiger partial charge in [-0.05, 0) is 19.1 Å². The van der Waals surface area contributed by atoms with Gasteiger partial charge in [0, 0.05) is 6.54 Å². The van der Waals surface area contributed by atoms with Crippen molar-refractivity contribution in [1.29, 1.82) is 0 Å². The SMILES string of the molecule is CCn1c(O)c(/C=N/N2CC[NH+](C)CC2)sc1=S. The first kappa shape index (κ1) is 13.5. The summed E-state index contributed by atoms with van der Waals surface area (Å²) in [5.41, 5.74) is 0. The Kier molecular flexibility index (Phi) is 4.36. The summed E-state index contributed by atoms with van der Waals surface area (Å²) in [5, 5.41) is 16.4. The number of aromatic hydroxyl groups is 1. The molecule has 1 fully saturated rings. The number of thiazole rings is 1. The molecule has 5 nitrogen and oxygen atoms in total. The van der Waals surface area contributed by atoms with E-state index in [1.165, 1.54) is 16.2 Å². The highest BCUT2D eigenvalue weighted by Crippen LogP contribution is 2.23. The van der Waals surface area contributed by atoms with Crippen molar-refractivity contribution in [3.8, 4) is 5.88 Å². The Balaban J connectivity index is 2.07. The number of hydrazone groups is 1. The van der Waals surface area contributed by atoms with Crippen LogP contribution < -0.4 is 4.90 Å². The van der Waals surface area contributed by atoms with Crippen LogP contribution in [0.25, 0.3) is 0 Å². The van der Waals surface area contributed by atoms with Crippen LogP contribution in [0.2, 0.25) is 0 Å². The molecule has 1 aromatic rings. The third-order valence-corrected chi connectivity index (χ3v) is 4.51. The number of rotatable bonds is 3. The van der Waals surface area contributed by atoms with Crippen molar-refractivity contribution in [1.82, 2.24) is 9.58 Å². The average molecular weight is 287 g/mol. The maximum Gasteiger partial charge on any atom is 0.212 e. The van der Waals surface area contributed by atoms with E-state index in [2.05, 4.69) is 12.1 Å². The van der Waals surface area contributed by atoms with E-state index in [1.807, 2.05) is 11.9 Å². The monoisotopic (exact) mass is 287 g/mol. The molecule has 0 radical (unpaired) electrons. The van der Waals surface area contributed by atoms with Crippen LogP contribution in [-0.4, -0.2) is 54.1 Å². The minimum atomic E-state index is 0.232. The zero-order valence-corrected chi connectivity index (χ0v) is 12.4. The highest BCUT2D eigenvalue weighted by molar-refractivity contribution is 7.73. The van der Waals surface area contributed by atoms with Gasteiger partial charge in [-0.3, -0.25) is 9.58 Å². The minimum absolute atomic E-state index is 0.232. The van der Waals surface area contributed by atoms with Gasteiger partial charge in [-0.1, -0.05) is 11.3 Å². The number of quaternary nitrogens is 1. The topological polar surface area (TPSA) is 45.2 Å². The standard InChI is InChI=1S/C11H18N4OS2/c1-3-15-10(16)9(18-11(15)17)8-12-14-6-4-13(2)5-7-14/h8,16H,3-7H2,1-2H3/p+1/b12-8+. The smallest absolute Gasteiger partial charge is 0.212 e. The molecule has 0 bridgehead atoms. The Morgan fingerprint density at radius 2 is 2.17 bits per heavy atom. The van der Waals surface area contributed by atoms with Gasteiger partial charge < -0.3 is 10.0 Å². The van der Waals surface area contributed by atoms with Crippen LogP contribution >= 0.6 is 23.6 Å². The number of piperazine rings is 1. The predicted octanol–water partition coefficient (Wildman–Crippen LogP) is 0.169. The Morgan fingerprint density at radius 3 is 2.72 bits per heavy atom. The van der Waals surface area contributed by atoms with Crippen LogP contribution in [0.15, 0.2) is 5.10 Å². The number of nitrogens with zero attached hydrogens (tertiary/aromatic N) is 3. The van der Waals surface area contributed by atoms with Gasteiger partial charge >= 0.3 is 0 Å². The van der Waals surface area contributed by atoms with Gasteiger partial charge in [0.2, 0.25) is 5.88 Å². The van der Waals surface area contributed by atoms with Crippen molar-refractivity contribution in [2.75, 3.05) is 33.2 Å². The zero-order valence-electron chi connectivity index (χ0n) is 10.7. The lowest BCUT2D eigenvalue weighted by atomic mass is 10.4. The van der Waals surface area contributed by atoms with Crippen molar-refractivity contribution in [2.45, 2.75) is 13.5 Å². The average Bonchev–Trinajstić information content (AvgIpc) is 2.63. The molecule has 0 atom stereocenters. The van der Waals surface area contributed by atoms with E-state index in [-0.39, 0.29) is 5.88 Å². The van der Waals surface area contributed by atoms with Crippen LogP contribution in [0.5, 0.6) is 5.88 Å². The van der Waals surface area contributed by atoms with Gasteiger partial charge in [0.25, 0.3) is 0 Å². The number of likely N-dealkylation sites (N-methyl/N-ethyl adjacent to an activating group) is 1. The summed E-state index contributed by atoms with van der Waals surface area (Å²) >= 11 is 6.59. The van der Waals surface area contributed by atoms with Crippen molar-refractivity contribution in [3.63, 3.8) is 0 Å². The van der Waals surface area contributed by atoms with Gasteiger partial charge in [0.05, 0.1) is 39.4 Å². The maximum atomic E-state index is 9.97. The molecule has 1 aromatic heterocycles. The lowest BCUT2D eigenvalue weighted by molar-refractivity contribution is -0.884. The second-order valence-electron chi connectivity index (χ2n) is 4.46. The first-order valence-electron chi connectivity index (χ1n) is 6.14. The number of hydrogen-bond acceptors (Lipinski definition) is 5. The first-order valence-corrected chi connectivity index (χ1v) is 7.37. The van der Waals surface area contributed by atoms with Gasteiger partial charge in [-0.15, -0.1) is 0 Å². The molecular weight excluding hydrogens is 268 g/mol. The Morgan fingerprint density at radius 1 is 1.50 bits per heavy atom. The summed E-state index contributed by atoms with van der Waals surface area (Å²) in [4.78, 5) is 2.28. The molecule has 0 spiro atoms. The summed E-state index contributed by atoms with van der Waals surface area (Å²) in [7, 11) is 2.19. The molecule has 2 heterocycles. The van der Waals surface area contributed by atoms with E-state index in [0.717, 1.165) is 31.1 Å². The van der Waals surface area contributed by atoms with Crippen LogP contribution in [0.1, 0.15) is 11.8 Å². The first-order chi connectivity index (χ1) is 8.61. The fourth-order valence-corrected chi connectivity index (χ4v) is 3.20. The quantitative estimate of drug-likeness (QED) is 0.615. The summed E-state index contributed by atoms with van der Waals surface area (Å²) in [6.07, 6.45) is 1.72. The molecule has 1 aliphatic rings. The number of aromatic nitrogens is 1. The molecule has 0 aromatic carbocycles. The van der Waals surface area contributed by atoms with E-state index < -0.39 is 0 Å². The van der Waals surface area contributed by atoms with Gasteiger partial charge in [-0.25, -0.2) is 0 Å². The summed E-state index contributed by atoms with van der Waals surface area (Å²) in [5.74, 6) is 0.232. The molecule has 0 amide bonds. The van der Waals surface area contributed by atoms with Crippen LogP contribution in [0, 0.1) is 3.95 Å². The molecule has 18 heavy (non-hydrogen) atoms. The molecule has 0 aliphatic carbocycles. The van der Waals surface area contributed by atoms with E-state index in [4.69, 9.17) is 12.2 Å². The van der Waals surface area contributed by atoms with Gasteiger partial charge in [0.1, 0.15) is 4.88 Å². The number of nitrogens with one attached hydrogen (secondary N) is 1. The van der Waals surface area contributed by atoms with Crippen molar-refractivity contribution >= 4 is 29.8 Å². The van der Waals surface area contributed by atoms with Gasteiger partial charge in [0.15, 0.2) is 3.95 Å². The fourth-order valence-electron chi connectivity index (χ4n) is 1.90. The van der Waals surface area contributed by atoms with Gasteiger partial charge in [-0.2, -0.15) is 5.10 Å². The fraction of sp³-hybridized carbons (Fsp3) is 0.636. The molecular formula is C11H19N4OS2+. The molecule has 0 unspecified atom stereocenters. The highest BCUT2D eigenvalue weighted by atomic mass is 32.1. The molecule has 0 saturated carbocycles. The van der Waals surface area contributed by atoms with Crippen molar-refractivity contribution in [3.05, 3.63) is 8.83 Å². The highest BCUT2D eigenvalue weighted by Gasteiger charge is 2.15. The molecule has 100 valence electrons. The Bertz CT molecular complexity index is 486. The van der Waals surface area contributed by atoms with Crippen LogP contribution in [0.4, 0.5) is 0 Å². The minimum Gasteiger partial charge on any atom is -0.493 e.